The molecule has 0 heterocycles. The van der Waals surface area contributed by atoms with Gasteiger partial charge in [-0.15, -0.1) is 0 Å². The summed E-state index contributed by atoms with van der Waals surface area (Å²) in [6.45, 7) is 4.74. The summed E-state index contributed by atoms with van der Waals surface area (Å²) < 4.78 is 26.1. The van der Waals surface area contributed by atoms with Crippen molar-refractivity contribution in [3.63, 3.8) is 0 Å². The number of hydrogen-bond donors (Lipinski definition) is 2. The predicted molar refractivity (Wildman–Crippen MR) is 99.0 cm³/mol. The lowest BCUT2D eigenvalue weighted by Crippen LogP contribution is -2.74. The van der Waals surface area contributed by atoms with Crippen molar-refractivity contribution in [3.8, 4) is 0 Å². The highest BCUT2D eigenvalue weighted by Gasteiger charge is 2.66. The number of carbonyl (C=O) groups excluding carboxylic acids is 5. The fourth-order valence-corrected chi connectivity index (χ4v) is 3.57. The Labute approximate surface area is 178 Å². The maximum atomic E-state index is 11.8. The van der Waals surface area contributed by atoms with Crippen LogP contribution in [0.15, 0.2) is 0 Å². The molecule has 0 aromatic heterocycles. The zero-order valence-corrected chi connectivity index (χ0v) is 18.0. The third-order valence-corrected chi connectivity index (χ3v) is 4.46. The third kappa shape index (κ3) is 6.89. The Hall–Kier alpha value is -2.73. The van der Waals surface area contributed by atoms with Crippen LogP contribution in [0.25, 0.3) is 0 Å². The van der Waals surface area contributed by atoms with E-state index in [1.807, 2.05) is 0 Å². The average molecular weight is 448 g/mol. The number of ether oxygens (including phenoxy) is 5. The lowest BCUT2D eigenvalue weighted by atomic mass is 9.71. The van der Waals surface area contributed by atoms with Crippen molar-refractivity contribution < 1.29 is 57.9 Å². The van der Waals surface area contributed by atoms with Gasteiger partial charge in [-0.3, -0.25) is 24.0 Å². The highest BCUT2D eigenvalue weighted by Crippen LogP contribution is 2.41. The molecule has 0 amide bonds. The first-order valence-corrected chi connectivity index (χ1v) is 9.52. The lowest BCUT2D eigenvalue weighted by Gasteiger charge is -2.52. The Morgan fingerprint density at radius 1 is 0.645 bits per heavy atom. The molecule has 31 heavy (non-hydrogen) atoms. The van der Waals surface area contributed by atoms with Crippen LogP contribution in [0.4, 0.5) is 0 Å². The normalized spacial score (nSPS) is 30.0. The second-order valence-corrected chi connectivity index (χ2v) is 7.10. The summed E-state index contributed by atoms with van der Waals surface area (Å²) in [7, 11) is 0. The molecule has 0 spiro atoms. The molecule has 2 N–H and O–H groups in total. The quantitative estimate of drug-likeness (QED) is 0.349. The van der Waals surface area contributed by atoms with Crippen molar-refractivity contribution in [3.05, 3.63) is 0 Å². The van der Waals surface area contributed by atoms with E-state index in [2.05, 4.69) is 0 Å². The van der Waals surface area contributed by atoms with Gasteiger partial charge in [0.1, 0.15) is 5.60 Å². The third-order valence-electron chi connectivity index (χ3n) is 4.46. The van der Waals surface area contributed by atoms with Crippen LogP contribution >= 0.6 is 0 Å². The summed E-state index contributed by atoms with van der Waals surface area (Å²) in [5.74, 6) is -4.41. The van der Waals surface area contributed by atoms with Crippen molar-refractivity contribution in [2.24, 2.45) is 0 Å². The van der Waals surface area contributed by atoms with Crippen LogP contribution in [0, 0.1) is 0 Å². The van der Waals surface area contributed by atoms with E-state index in [4.69, 9.17) is 23.7 Å². The van der Waals surface area contributed by atoms with Crippen LogP contribution in [0.2, 0.25) is 0 Å². The fourth-order valence-electron chi connectivity index (χ4n) is 3.57. The molecular weight excluding hydrogens is 420 g/mol. The standard InChI is InChI=1S/C19H28O12/c1-9(21)27-14-15(28-10(2)22)17(30-12(4)24)19(26,7-6-8-20)18(31-13(5)25)16(14)29-11(3)23/h14-18,20,26H,6-8H2,1-5H3/t14-,15?,16?,17+,18?,19-/m1/s1. The number of carbonyl (C=O) groups is 5. The first kappa shape index (κ1) is 26.3. The highest BCUT2D eigenvalue weighted by atomic mass is 16.7. The van der Waals surface area contributed by atoms with Crippen molar-refractivity contribution in [1.82, 2.24) is 0 Å². The van der Waals surface area contributed by atoms with E-state index in [-0.39, 0.29) is 12.8 Å². The van der Waals surface area contributed by atoms with Gasteiger partial charge in [0, 0.05) is 41.2 Å². The molecule has 6 atom stereocenters. The van der Waals surface area contributed by atoms with Gasteiger partial charge in [0.15, 0.2) is 30.5 Å². The summed E-state index contributed by atoms with van der Waals surface area (Å²) in [6, 6.07) is 0. The summed E-state index contributed by atoms with van der Waals surface area (Å²) in [5, 5.41) is 20.8. The van der Waals surface area contributed by atoms with Crippen LogP contribution < -0.4 is 0 Å². The molecule has 1 rings (SSSR count). The minimum absolute atomic E-state index is 0.0517. The van der Waals surface area contributed by atoms with Crippen LogP contribution in [0.3, 0.4) is 0 Å². The zero-order valence-electron chi connectivity index (χ0n) is 18.0. The van der Waals surface area contributed by atoms with E-state index in [0.717, 1.165) is 34.6 Å². The molecule has 0 bridgehead atoms. The number of esters is 5. The zero-order chi connectivity index (χ0) is 23.9. The van der Waals surface area contributed by atoms with E-state index in [9.17, 15) is 34.2 Å². The maximum Gasteiger partial charge on any atom is 0.303 e. The van der Waals surface area contributed by atoms with Gasteiger partial charge < -0.3 is 33.9 Å². The number of aliphatic hydroxyl groups excluding tert-OH is 1. The smallest absolute Gasteiger partial charge is 0.303 e. The molecule has 0 saturated heterocycles. The topological polar surface area (TPSA) is 172 Å². The minimum atomic E-state index is -2.28. The lowest BCUT2D eigenvalue weighted by molar-refractivity contribution is -0.287. The SMILES string of the molecule is CC(=O)OC1C(OC(C)=O)[C@@](O)(CCCO)[C@@H](OC(C)=O)C(OC(C)=O)[C@H]1OC(C)=O. The summed E-state index contributed by atoms with van der Waals surface area (Å²) in [6.07, 6.45) is -8.59. The van der Waals surface area contributed by atoms with Gasteiger partial charge in [-0.1, -0.05) is 0 Å². The Morgan fingerprint density at radius 2 is 0.968 bits per heavy atom. The molecule has 176 valence electrons. The van der Waals surface area contributed by atoms with Crippen molar-refractivity contribution in [2.45, 2.75) is 83.6 Å². The van der Waals surface area contributed by atoms with E-state index in [0.29, 0.717) is 0 Å². The largest absolute Gasteiger partial charge is 0.455 e. The average Bonchev–Trinajstić information content (AvgIpc) is 2.61. The predicted octanol–water partition coefficient (Wildman–Crippen LogP) is -0.838. The van der Waals surface area contributed by atoms with Crippen molar-refractivity contribution >= 4 is 29.8 Å². The van der Waals surface area contributed by atoms with E-state index >= 15 is 0 Å². The molecule has 0 aromatic rings. The number of hydrogen-bond acceptors (Lipinski definition) is 12. The molecule has 1 saturated carbocycles. The van der Waals surface area contributed by atoms with Crippen LogP contribution in [0.1, 0.15) is 47.5 Å². The molecule has 1 fully saturated rings. The number of aliphatic hydroxyl groups is 2. The monoisotopic (exact) mass is 448 g/mol. The molecule has 1 aliphatic carbocycles. The van der Waals surface area contributed by atoms with Crippen LogP contribution in [-0.4, -0.2) is 82.8 Å². The van der Waals surface area contributed by atoms with E-state index < -0.39 is 72.6 Å². The van der Waals surface area contributed by atoms with Crippen molar-refractivity contribution in [1.29, 1.82) is 0 Å². The van der Waals surface area contributed by atoms with Gasteiger partial charge in [-0.2, -0.15) is 0 Å². The summed E-state index contributed by atoms with van der Waals surface area (Å²) in [5.41, 5.74) is -2.28. The second kappa shape index (κ2) is 11.0. The Bertz CT molecular complexity index is 658. The summed E-state index contributed by atoms with van der Waals surface area (Å²) in [4.78, 5) is 58.9. The molecule has 12 heteroatoms. The Kier molecular flexibility index (Phi) is 9.38. The van der Waals surface area contributed by atoms with Crippen molar-refractivity contribution in [2.75, 3.05) is 6.61 Å². The molecule has 1 aliphatic rings. The van der Waals surface area contributed by atoms with E-state index in [1.165, 1.54) is 0 Å². The molecule has 0 radical (unpaired) electrons. The molecular formula is C19H28O12. The Balaban J connectivity index is 3.75. The molecule has 3 unspecified atom stereocenters. The van der Waals surface area contributed by atoms with Crippen LogP contribution in [-0.2, 0) is 47.7 Å². The minimum Gasteiger partial charge on any atom is -0.455 e. The van der Waals surface area contributed by atoms with Gasteiger partial charge in [-0.05, 0) is 12.8 Å². The van der Waals surface area contributed by atoms with Gasteiger partial charge in [-0.25, -0.2) is 0 Å². The van der Waals surface area contributed by atoms with Gasteiger partial charge in [0.25, 0.3) is 0 Å². The van der Waals surface area contributed by atoms with Gasteiger partial charge >= 0.3 is 29.8 Å². The molecule has 12 nitrogen and oxygen atoms in total. The first-order chi connectivity index (χ1) is 14.3. The first-order valence-electron chi connectivity index (χ1n) is 9.52. The second-order valence-electron chi connectivity index (χ2n) is 7.10. The van der Waals surface area contributed by atoms with Gasteiger partial charge in [0.2, 0.25) is 0 Å². The fraction of sp³-hybridized carbons (Fsp3) is 0.737. The number of rotatable bonds is 8. The molecule has 0 aromatic carbocycles. The Morgan fingerprint density at radius 3 is 1.26 bits per heavy atom. The van der Waals surface area contributed by atoms with E-state index in [1.54, 1.807) is 0 Å². The van der Waals surface area contributed by atoms with Crippen LogP contribution in [0.5, 0.6) is 0 Å². The maximum absolute atomic E-state index is 11.8. The molecule has 0 aliphatic heterocycles. The highest BCUT2D eigenvalue weighted by molar-refractivity contribution is 5.70. The summed E-state index contributed by atoms with van der Waals surface area (Å²) >= 11 is 0. The van der Waals surface area contributed by atoms with Gasteiger partial charge in [0.05, 0.1) is 0 Å².